The molecular formula is C22H29NO3. The lowest BCUT2D eigenvalue weighted by Gasteiger charge is -2.67. The Bertz CT molecular complexity index is 758. The van der Waals surface area contributed by atoms with E-state index in [1.807, 2.05) is 13.2 Å². The van der Waals surface area contributed by atoms with E-state index in [0.717, 1.165) is 25.3 Å². The van der Waals surface area contributed by atoms with E-state index in [1.165, 1.54) is 30.5 Å². The number of Topliss-reactive ketones (excluding diaryl/α,β-unsaturated/α-hetero) is 1. The van der Waals surface area contributed by atoms with Crippen molar-refractivity contribution in [3.05, 3.63) is 29.3 Å². The first-order chi connectivity index (χ1) is 12.5. The van der Waals surface area contributed by atoms with Gasteiger partial charge < -0.3 is 9.84 Å². The summed E-state index contributed by atoms with van der Waals surface area (Å²) in [6, 6.07) is 6.11. The molecule has 26 heavy (non-hydrogen) atoms. The molecular weight excluding hydrogens is 326 g/mol. The smallest absolute Gasteiger partial charge is 0.134 e. The largest absolute Gasteiger partial charge is 0.508 e. The van der Waals surface area contributed by atoms with Gasteiger partial charge in [0.15, 0.2) is 0 Å². The van der Waals surface area contributed by atoms with Crippen LogP contribution in [0.4, 0.5) is 0 Å². The van der Waals surface area contributed by atoms with Gasteiger partial charge in [-0.05, 0) is 67.3 Å². The third-order valence-corrected chi connectivity index (χ3v) is 7.82. The zero-order chi connectivity index (χ0) is 18.1. The fourth-order valence-electron chi connectivity index (χ4n) is 6.70. The minimum absolute atomic E-state index is 0.191. The number of hydrogen-bond acceptors (Lipinski definition) is 4. The van der Waals surface area contributed by atoms with Crippen molar-refractivity contribution in [1.29, 1.82) is 0 Å². The minimum atomic E-state index is -0.338. The summed E-state index contributed by atoms with van der Waals surface area (Å²) in [5.74, 6) is 1.68. The first-order valence-electron chi connectivity index (χ1n) is 10.1. The number of fused-ring (bicyclic) bond motifs is 1. The molecule has 4 heteroatoms. The molecule has 4 aliphatic rings. The number of likely N-dealkylation sites (tertiary alicyclic amines) is 1. The normalized spacial score (nSPS) is 39.4. The minimum Gasteiger partial charge on any atom is -0.508 e. The van der Waals surface area contributed by atoms with Gasteiger partial charge in [0.1, 0.15) is 11.5 Å². The first-order valence-corrected chi connectivity index (χ1v) is 10.1. The second-order valence-corrected chi connectivity index (χ2v) is 9.15. The zero-order valence-corrected chi connectivity index (χ0v) is 15.8. The highest BCUT2D eigenvalue weighted by molar-refractivity contribution is 5.83. The molecule has 1 aromatic rings. The maximum Gasteiger partial charge on any atom is 0.134 e. The lowest BCUT2D eigenvalue weighted by Crippen LogP contribution is -2.76. The van der Waals surface area contributed by atoms with Crippen LogP contribution in [-0.4, -0.2) is 47.6 Å². The average Bonchev–Trinajstić information content (AvgIpc) is 3.42. The van der Waals surface area contributed by atoms with Crippen molar-refractivity contribution in [2.45, 2.75) is 62.5 Å². The molecule has 1 heterocycles. The predicted molar refractivity (Wildman–Crippen MR) is 99.3 cm³/mol. The Labute approximate surface area is 155 Å². The van der Waals surface area contributed by atoms with Crippen LogP contribution in [0.1, 0.15) is 50.2 Å². The molecule has 0 radical (unpaired) electrons. The van der Waals surface area contributed by atoms with E-state index >= 15 is 0 Å². The topological polar surface area (TPSA) is 49.8 Å². The molecule has 1 N–H and O–H groups in total. The maximum absolute atomic E-state index is 12.7. The van der Waals surface area contributed by atoms with Crippen molar-refractivity contribution >= 4 is 5.78 Å². The van der Waals surface area contributed by atoms with Crippen molar-refractivity contribution in [2.24, 2.45) is 11.8 Å². The standard InChI is InChI=1S/C22H29NO3/c1-14-9-18(25)12-21-7-8-23(13-15-3-4-15)20(22(14,21)26-2)10-16-5-6-17(24)11-19(16)21/h5-6,11,14-15,20,24H,3-4,7-10,12-13H2,1-2H3/t14-,20-,21-,22-/m1/s1. The SMILES string of the molecule is CO[C@@]12[C@H](C)CC(=O)C[C@@]13CCN(CC1CC1)[C@@H]2Cc1ccc(O)cc13. The summed E-state index contributed by atoms with van der Waals surface area (Å²) >= 11 is 0. The van der Waals surface area contributed by atoms with Gasteiger partial charge in [-0.15, -0.1) is 0 Å². The lowest BCUT2D eigenvalue weighted by molar-refractivity contribution is -0.210. The van der Waals surface area contributed by atoms with Crippen LogP contribution < -0.4 is 0 Å². The van der Waals surface area contributed by atoms with Crippen LogP contribution >= 0.6 is 0 Å². The highest BCUT2D eigenvalue weighted by Crippen LogP contribution is 2.61. The number of carbonyl (C=O) groups is 1. The Morgan fingerprint density at radius 3 is 2.85 bits per heavy atom. The van der Waals surface area contributed by atoms with Gasteiger partial charge in [-0.2, -0.15) is 0 Å². The van der Waals surface area contributed by atoms with Crippen LogP contribution in [-0.2, 0) is 21.4 Å². The summed E-state index contributed by atoms with van der Waals surface area (Å²) in [6.07, 6.45) is 5.76. The molecule has 1 saturated heterocycles. The number of benzene rings is 1. The quantitative estimate of drug-likeness (QED) is 0.905. The molecule has 1 aliphatic heterocycles. The van der Waals surface area contributed by atoms with E-state index in [0.29, 0.717) is 30.4 Å². The van der Waals surface area contributed by atoms with E-state index in [1.54, 1.807) is 6.07 Å². The van der Waals surface area contributed by atoms with Gasteiger partial charge in [-0.3, -0.25) is 9.69 Å². The third kappa shape index (κ3) is 2.06. The van der Waals surface area contributed by atoms with Gasteiger partial charge in [0.2, 0.25) is 0 Å². The molecule has 140 valence electrons. The second-order valence-electron chi connectivity index (χ2n) is 9.15. The molecule has 4 atom stereocenters. The van der Waals surface area contributed by atoms with E-state index in [4.69, 9.17) is 4.74 Å². The van der Waals surface area contributed by atoms with Crippen molar-refractivity contribution < 1.29 is 14.6 Å². The highest BCUT2D eigenvalue weighted by Gasteiger charge is 2.68. The van der Waals surface area contributed by atoms with Gasteiger partial charge in [0.05, 0.1) is 5.60 Å². The maximum atomic E-state index is 12.7. The van der Waals surface area contributed by atoms with E-state index in [2.05, 4.69) is 17.9 Å². The Balaban J connectivity index is 1.71. The number of piperidine rings is 1. The van der Waals surface area contributed by atoms with Gasteiger partial charge in [-0.1, -0.05) is 13.0 Å². The Hall–Kier alpha value is -1.39. The van der Waals surface area contributed by atoms with Crippen LogP contribution in [0.25, 0.3) is 0 Å². The third-order valence-electron chi connectivity index (χ3n) is 7.82. The molecule has 1 aromatic carbocycles. The summed E-state index contributed by atoms with van der Waals surface area (Å²) in [6.45, 7) is 4.40. The number of rotatable bonds is 3. The summed E-state index contributed by atoms with van der Waals surface area (Å²) in [5, 5.41) is 10.2. The van der Waals surface area contributed by atoms with Crippen molar-refractivity contribution in [2.75, 3.05) is 20.2 Å². The van der Waals surface area contributed by atoms with Gasteiger partial charge in [0, 0.05) is 38.0 Å². The van der Waals surface area contributed by atoms with Crippen LogP contribution in [0.3, 0.4) is 0 Å². The molecule has 2 bridgehead atoms. The summed E-state index contributed by atoms with van der Waals surface area (Å²) < 4.78 is 6.45. The summed E-state index contributed by atoms with van der Waals surface area (Å²) in [5.41, 5.74) is 1.83. The predicted octanol–water partition coefficient (Wildman–Crippen LogP) is 3.05. The number of ketones is 1. The molecule has 4 nitrogen and oxygen atoms in total. The number of hydrogen-bond donors (Lipinski definition) is 1. The van der Waals surface area contributed by atoms with Crippen molar-refractivity contribution in [3.8, 4) is 5.75 Å². The monoisotopic (exact) mass is 355 g/mol. The molecule has 5 rings (SSSR count). The Morgan fingerprint density at radius 1 is 1.31 bits per heavy atom. The first kappa shape index (κ1) is 16.8. The van der Waals surface area contributed by atoms with E-state index in [-0.39, 0.29) is 16.9 Å². The molecule has 3 fully saturated rings. The molecule has 3 aliphatic carbocycles. The van der Waals surface area contributed by atoms with E-state index < -0.39 is 0 Å². The summed E-state index contributed by atoms with van der Waals surface area (Å²) in [7, 11) is 1.85. The van der Waals surface area contributed by atoms with Gasteiger partial charge in [0.25, 0.3) is 0 Å². The fourth-order valence-corrected chi connectivity index (χ4v) is 6.70. The molecule has 2 saturated carbocycles. The van der Waals surface area contributed by atoms with Crippen LogP contribution in [0.15, 0.2) is 18.2 Å². The van der Waals surface area contributed by atoms with E-state index in [9.17, 15) is 9.90 Å². The molecule has 0 spiro atoms. The zero-order valence-electron chi connectivity index (χ0n) is 15.8. The molecule has 0 unspecified atom stereocenters. The average molecular weight is 355 g/mol. The number of phenolic OH excluding ortho intramolecular Hbond substituents is 1. The second kappa shape index (κ2) is 5.56. The Morgan fingerprint density at radius 2 is 2.12 bits per heavy atom. The van der Waals surface area contributed by atoms with Gasteiger partial charge >= 0.3 is 0 Å². The lowest BCUT2D eigenvalue weighted by atomic mass is 9.46. The Kier molecular flexibility index (Phi) is 3.58. The van der Waals surface area contributed by atoms with Gasteiger partial charge in [-0.25, -0.2) is 0 Å². The number of carbonyl (C=O) groups excluding carboxylic acids is 1. The number of aromatic hydroxyl groups is 1. The number of nitrogens with zero attached hydrogens (tertiary/aromatic N) is 1. The van der Waals surface area contributed by atoms with Crippen LogP contribution in [0.5, 0.6) is 5.75 Å². The van der Waals surface area contributed by atoms with Crippen molar-refractivity contribution in [1.82, 2.24) is 4.90 Å². The molecule has 0 aromatic heterocycles. The summed E-state index contributed by atoms with van der Waals surface area (Å²) in [4.78, 5) is 15.4. The molecule has 0 amide bonds. The van der Waals surface area contributed by atoms with Crippen molar-refractivity contribution in [3.63, 3.8) is 0 Å². The van der Waals surface area contributed by atoms with Crippen LogP contribution in [0.2, 0.25) is 0 Å². The fraction of sp³-hybridized carbons (Fsp3) is 0.682. The van der Waals surface area contributed by atoms with Crippen LogP contribution in [0, 0.1) is 11.8 Å². The number of phenols is 1. The number of methoxy groups -OCH3 is 1. The highest BCUT2D eigenvalue weighted by atomic mass is 16.5. The number of ether oxygens (including phenoxy) is 1.